The van der Waals surface area contributed by atoms with Gasteiger partial charge in [-0.1, -0.05) is 18.9 Å². The second-order valence-electron chi connectivity index (χ2n) is 9.13. The zero-order valence-electron chi connectivity index (χ0n) is 15.6. The summed E-state index contributed by atoms with van der Waals surface area (Å²) in [7, 11) is 0. The van der Waals surface area contributed by atoms with Gasteiger partial charge in [0, 0.05) is 5.92 Å². The lowest BCUT2D eigenvalue weighted by molar-refractivity contribution is -0.112. The molecule has 0 heterocycles. The van der Waals surface area contributed by atoms with E-state index in [9.17, 15) is 4.79 Å². The van der Waals surface area contributed by atoms with Crippen LogP contribution in [0.3, 0.4) is 0 Å². The zero-order valence-corrected chi connectivity index (χ0v) is 15.6. The van der Waals surface area contributed by atoms with E-state index in [2.05, 4.69) is 12.7 Å². The Labute approximate surface area is 149 Å². The maximum atomic E-state index is 10.9. The summed E-state index contributed by atoms with van der Waals surface area (Å²) >= 11 is 0. The molecule has 3 aliphatic carbocycles. The van der Waals surface area contributed by atoms with Crippen LogP contribution in [0.1, 0.15) is 89.9 Å². The summed E-state index contributed by atoms with van der Waals surface area (Å²) in [5.74, 6) is 5.37. The maximum Gasteiger partial charge on any atom is 0.123 e. The number of aldehydes is 1. The van der Waals surface area contributed by atoms with E-state index >= 15 is 0 Å². The number of carbonyl (C=O) groups excluding carboxylic acids is 1. The molecule has 0 aromatic heterocycles. The largest absolute Gasteiger partial charge is 0.303 e. The molecule has 0 spiro atoms. The highest BCUT2D eigenvalue weighted by atomic mass is 16.1. The highest BCUT2D eigenvalue weighted by Gasteiger charge is 2.34. The van der Waals surface area contributed by atoms with Crippen molar-refractivity contribution in [1.82, 2.24) is 0 Å². The highest BCUT2D eigenvalue weighted by molar-refractivity contribution is 5.53. The van der Waals surface area contributed by atoms with Crippen molar-refractivity contribution in [2.45, 2.75) is 89.9 Å². The van der Waals surface area contributed by atoms with Gasteiger partial charge in [-0.15, -0.1) is 6.58 Å². The van der Waals surface area contributed by atoms with Gasteiger partial charge < -0.3 is 4.79 Å². The standard InChI is InChI=1S/C23H38O/c1-2-3-4-18-5-9-20(10-6-18)22-13-15-23(16-14-22)21-11-7-19(17-24)8-12-21/h2,17-23H,1,3-16H2. The minimum Gasteiger partial charge on any atom is -0.303 e. The van der Waals surface area contributed by atoms with E-state index in [0.29, 0.717) is 5.92 Å². The molecule has 0 saturated heterocycles. The average molecular weight is 331 g/mol. The van der Waals surface area contributed by atoms with Crippen LogP contribution in [-0.4, -0.2) is 6.29 Å². The third-order valence-corrected chi connectivity index (χ3v) is 7.83. The Morgan fingerprint density at radius 3 is 1.50 bits per heavy atom. The van der Waals surface area contributed by atoms with E-state index in [1.54, 1.807) is 0 Å². The molecule has 0 unspecified atom stereocenters. The van der Waals surface area contributed by atoms with Crippen molar-refractivity contribution >= 4 is 6.29 Å². The molecular formula is C23H38O. The van der Waals surface area contributed by atoms with E-state index < -0.39 is 0 Å². The SMILES string of the molecule is C=CCCC1CCC(C2CCC(C3CCC(C=O)CC3)CC2)CC1. The average Bonchev–Trinajstić information content (AvgIpc) is 2.67. The number of hydrogen-bond donors (Lipinski definition) is 0. The smallest absolute Gasteiger partial charge is 0.123 e. The Morgan fingerprint density at radius 2 is 1.08 bits per heavy atom. The van der Waals surface area contributed by atoms with Crippen LogP contribution in [0.15, 0.2) is 12.7 Å². The van der Waals surface area contributed by atoms with Crippen molar-refractivity contribution in [3.63, 3.8) is 0 Å². The lowest BCUT2D eigenvalue weighted by Crippen LogP contribution is -2.30. The Hall–Kier alpha value is -0.590. The first-order valence-electron chi connectivity index (χ1n) is 10.9. The lowest BCUT2D eigenvalue weighted by Gasteiger charge is -2.41. The monoisotopic (exact) mass is 330 g/mol. The van der Waals surface area contributed by atoms with E-state index in [0.717, 1.165) is 29.6 Å². The first kappa shape index (κ1) is 18.2. The molecule has 0 aliphatic heterocycles. The van der Waals surface area contributed by atoms with E-state index in [1.165, 1.54) is 96.2 Å². The van der Waals surface area contributed by atoms with Gasteiger partial charge in [0.15, 0.2) is 0 Å². The van der Waals surface area contributed by atoms with Crippen molar-refractivity contribution < 1.29 is 4.79 Å². The molecule has 0 radical (unpaired) electrons. The molecule has 24 heavy (non-hydrogen) atoms. The van der Waals surface area contributed by atoms with Gasteiger partial charge in [0.05, 0.1) is 0 Å². The molecule has 0 amide bonds. The van der Waals surface area contributed by atoms with Gasteiger partial charge in [0.25, 0.3) is 0 Å². The Bertz CT molecular complexity index is 377. The fourth-order valence-electron chi connectivity index (χ4n) is 6.14. The van der Waals surface area contributed by atoms with Crippen molar-refractivity contribution in [2.75, 3.05) is 0 Å². The predicted octanol–water partition coefficient (Wildman–Crippen LogP) is 6.57. The molecule has 0 N–H and O–H groups in total. The summed E-state index contributed by atoms with van der Waals surface area (Å²) < 4.78 is 0. The van der Waals surface area contributed by atoms with Crippen LogP contribution in [0.25, 0.3) is 0 Å². The summed E-state index contributed by atoms with van der Waals surface area (Å²) in [6, 6.07) is 0. The van der Waals surface area contributed by atoms with E-state index in [4.69, 9.17) is 0 Å². The fourth-order valence-corrected chi connectivity index (χ4v) is 6.14. The quantitative estimate of drug-likeness (QED) is 0.397. The van der Waals surface area contributed by atoms with Crippen LogP contribution in [0.2, 0.25) is 0 Å². The summed E-state index contributed by atoms with van der Waals surface area (Å²) in [6.45, 7) is 3.87. The molecular weight excluding hydrogens is 292 g/mol. The fraction of sp³-hybridized carbons (Fsp3) is 0.870. The third-order valence-electron chi connectivity index (χ3n) is 7.83. The molecule has 136 valence electrons. The topological polar surface area (TPSA) is 17.1 Å². The van der Waals surface area contributed by atoms with Gasteiger partial charge >= 0.3 is 0 Å². The minimum absolute atomic E-state index is 0.383. The molecule has 0 aromatic carbocycles. The molecule has 3 aliphatic rings. The van der Waals surface area contributed by atoms with Gasteiger partial charge in [-0.25, -0.2) is 0 Å². The second-order valence-corrected chi connectivity index (χ2v) is 9.13. The predicted molar refractivity (Wildman–Crippen MR) is 102 cm³/mol. The van der Waals surface area contributed by atoms with Crippen LogP contribution < -0.4 is 0 Å². The maximum absolute atomic E-state index is 10.9. The third kappa shape index (κ3) is 4.73. The van der Waals surface area contributed by atoms with E-state index in [-0.39, 0.29) is 0 Å². The van der Waals surface area contributed by atoms with Gasteiger partial charge in [0.1, 0.15) is 6.29 Å². The Morgan fingerprint density at radius 1 is 0.667 bits per heavy atom. The van der Waals surface area contributed by atoms with Crippen molar-refractivity contribution in [2.24, 2.45) is 35.5 Å². The molecule has 1 heteroatoms. The summed E-state index contributed by atoms with van der Waals surface area (Å²) in [5, 5.41) is 0. The molecule has 0 aromatic rings. The zero-order chi connectivity index (χ0) is 16.8. The summed E-state index contributed by atoms with van der Waals surface area (Å²) in [5.41, 5.74) is 0. The highest BCUT2D eigenvalue weighted by Crippen LogP contribution is 2.46. The van der Waals surface area contributed by atoms with Gasteiger partial charge in [0.2, 0.25) is 0 Å². The normalized spacial score (nSPS) is 40.8. The van der Waals surface area contributed by atoms with E-state index in [1.807, 2.05) is 0 Å². The lowest BCUT2D eigenvalue weighted by atomic mass is 9.65. The van der Waals surface area contributed by atoms with Crippen molar-refractivity contribution in [3.8, 4) is 0 Å². The summed E-state index contributed by atoms with van der Waals surface area (Å²) in [4.78, 5) is 10.9. The number of hydrogen-bond acceptors (Lipinski definition) is 1. The molecule has 0 atom stereocenters. The second kappa shape index (κ2) is 9.20. The molecule has 0 bridgehead atoms. The van der Waals surface area contributed by atoms with Crippen molar-refractivity contribution in [1.29, 1.82) is 0 Å². The Kier molecular flexibility index (Phi) is 6.98. The van der Waals surface area contributed by atoms with Crippen LogP contribution in [0, 0.1) is 35.5 Å². The molecule has 3 rings (SSSR count). The first-order chi connectivity index (χ1) is 11.8. The van der Waals surface area contributed by atoms with Crippen LogP contribution in [-0.2, 0) is 4.79 Å². The van der Waals surface area contributed by atoms with Crippen LogP contribution >= 0.6 is 0 Å². The molecule has 3 fully saturated rings. The number of rotatable bonds is 6. The first-order valence-corrected chi connectivity index (χ1v) is 10.9. The van der Waals surface area contributed by atoms with Gasteiger partial charge in [-0.05, 0) is 107 Å². The minimum atomic E-state index is 0.383. The van der Waals surface area contributed by atoms with Gasteiger partial charge in [-0.3, -0.25) is 0 Å². The van der Waals surface area contributed by atoms with Gasteiger partial charge in [-0.2, -0.15) is 0 Å². The van der Waals surface area contributed by atoms with Crippen LogP contribution in [0.5, 0.6) is 0 Å². The molecule has 1 nitrogen and oxygen atoms in total. The summed E-state index contributed by atoms with van der Waals surface area (Å²) in [6.07, 6.45) is 22.8. The van der Waals surface area contributed by atoms with Crippen molar-refractivity contribution in [3.05, 3.63) is 12.7 Å². The number of carbonyl (C=O) groups is 1. The molecule has 3 saturated carbocycles. The number of allylic oxidation sites excluding steroid dienone is 1. The van der Waals surface area contributed by atoms with Crippen LogP contribution in [0.4, 0.5) is 0 Å². The Balaban J connectivity index is 1.37.